The van der Waals surface area contributed by atoms with E-state index in [9.17, 15) is 9.59 Å². The van der Waals surface area contributed by atoms with E-state index in [-0.39, 0.29) is 31.0 Å². The van der Waals surface area contributed by atoms with Gasteiger partial charge in [0, 0.05) is 22.1 Å². The molecule has 0 aliphatic heterocycles. The Bertz CT molecular complexity index is 894. The van der Waals surface area contributed by atoms with Gasteiger partial charge in [-0.15, -0.1) is 0 Å². The van der Waals surface area contributed by atoms with Crippen molar-refractivity contribution in [3.05, 3.63) is 62.5 Å². The van der Waals surface area contributed by atoms with E-state index in [1.807, 2.05) is 26.0 Å². The Morgan fingerprint density at radius 3 is 2.53 bits per heavy atom. The van der Waals surface area contributed by atoms with Crippen LogP contribution in [0.15, 0.2) is 46.9 Å². The van der Waals surface area contributed by atoms with E-state index in [0.717, 1.165) is 16.5 Å². The van der Waals surface area contributed by atoms with Crippen molar-refractivity contribution in [1.29, 1.82) is 0 Å². The molecule has 30 heavy (non-hydrogen) atoms. The fraction of sp³-hybridized carbons (Fsp3) is 0.364. The highest BCUT2D eigenvalue weighted by Crippen LogP contribution is 2.27. The molecule has 0 aliphatic carbocycles. The maximum absolute atomic E-state index is 13.0. The first-order chi connectivity index (χ1) is 14.2. The molecule has 0 aromatic heterocycles. The topological polar surface area (TPSA) is 58.6 Å². The van der Waals surface area contributed by atoms with E-state index in [1.54, 1.807) is 37.3 Å². The third-order valence-corrected chi connectivity index (χ3v) is 5.68. The molecule has 2 rings (SSSR count). The Balaban J connectivity index is 2.18. The van der Waals surface area contributed by atoms with Crippen molar-refractivity contribution in [2.24, 2.45) is 0 Å². The van der Waals surface area contributed by atoms with Gasteiger partial charge in [-0.1, -0.05) is 58.2 Å². The Morgan fingerprint density at radius 1 is 1.17 bits per heavy atom. The minimum atomic E-state index is -0.686. The van der Waals surface area contributed by atoms with Gasteiger partial charge in [0.05, 0.1) is 5.02 Å². The van der Waals surface area contributed by atoms with Gasteiger partial charge in [0.2, 0.25) is 5.91 Å². The molecule has 1 N–H and O–H groups in total. The second-order valence-electron chi connectivity index (χ2n) is 7.01. The molecule has 0 unspecified atom stereocenters. The average Bonchev–Trinajstić information content (AvgIpc) is 2.70. The van der Waals surface area contributed by atoms with Crippen LogP contribution in [-0.4, -0.2) is 35.4 Å². The summed E-state index contributed by atoms with van der Waals surface area (Å²) in [5.41, 5.74) is 0.820. The molecule has 162 valence electrons. The Morgan fingerprint density at radius 2 is 1.90 bits per heavy atom. The number of rotatable bonds is 9. The monoisotopic (exact) mass is 514 g/mol. The van der Waals surface area contributed by atoms with Crippen LogP contribution in [0.3, 0.4) is 0 Å². The minimum absolute atomic E-state index is 0.0147. The fourth-order valence-electron chi connectivity index (χ4n) is 2.69. The molecule has 0 spiro atoms. The van der Waals surface area contributed by atoms with E-state index in [2.05, 4.69) is 21.2 Å². The number of hydrogen-bond acceptors (Lipinski definition) is 3. The molecule has 0 saturated carbocycles. The van der Waals surface area contributed by atoms with Crippen LogP contribution in [0.2, 0.25) is 10.0 Å². The van der Waals surface area contributed by atoms with Crippen molar-refractivity contribution < 1.29 is 14.3 Å². The molecule has 5 nitrogen and oxygen atoms in total. The summed E-state index contributed by atoms with van der Waals surface area (Å²) >= 11 is 15.6. The summed E-state index contributed by atoms with van der Waals surface area (Å²) in [7, 11) is 0. The summed E-state index contributed by atoms with van der Waals surface area (Å²) in [6.07, 6.45) is 0.797. The maximum Gasteiger partial charge on any atom is 0.261 e. The van der Waals surface area contributed by atoms with Crippen LogP contribution in [0, 0.1) is 0 Å². The van der Waals surface area contributed by atoms with E-state index < -0.39 is 6.04 Å². The van der Waals surface area contributed by atoms with Gasteiger partial charge in [-0.3, -0.25) is 9.59 Å². The van der Waals surface area contributed by atoms with E-state index >= 15 is 0 Å². The van der Waals surface area contributed by atoms with Gasteiger partial charge in [-0.25, -0.2) is 0 Å². The largest absolute Gasteiger partial charge is 0.482 e. The summed E-state index contributed by atoms with van der Waals surface area (Å²) < 4.78 is 6.44. The summed E-state index contributed by atoms with van der Waals surface area (Å²) in [6.45, 7) is 5.59. The Labute approximate surface area is 195 Å². The summed E-state index contributed by atoms with van der Waals surface area (Å²) in [6, 6.07) is 11.7. The van der Waals surface area contributed by atoms with Crippen LogP contribution in [0.1, 0.15) is 32.8 Å². The van der Waals surface area contributed by atoms with Crippen LogP contribution in [-0.2, 0) is 16.1 Å². The highest BCUT2D eigenvalue weighted by Gasteiger charge is 2.27. The molecule has 2 aromatic rings. The quantitative estimate of drug-likeness (QED) is 0.482. The van der Waals surface area contributed by atoms with Gasteiger partial charge in [0.15, 0.2) is 6.61 Å². The number of ether oxygens (including phenoxy) is 1. The highest BCUT2D eigenvalue weighted by atomic mass is 79.9. The number of carbonyl (C=O) groups excluding carboxylic acids is 2. The normalized spacial score (nSPS) is 12.7. The Kier molecular flexibility index (Phi) is 9.46. The molecule has 2 atom stereocenters. The molecule has 2 aromatic carbocycles. The van der Waals surface area contributed by atoms with Gasteiger partial charge >= 0.3 is 0 Å². The third-order valence-electron chi connectivity index (χ3n) is 4.66. The summed E-state index contributed by atoms with van der Waals surface area (Å²) in [5, 5.41) is 3.88. The second kappa shape index (κ2) is 11.6. The lowest BCUT2D eigenvalue weighted by molar-refractivity contribution is -0.142. The molecule has 0 bridgehead atoms. The molecular formula is C22H25BrCl2N2O3. The minimum Gasteiger partial charge on any atom is -0.482 e. The predicted molar refractivity (Wildman–Crippen MR) is 124 cm³/mol. The highest BCUT2D eigenvalue weighted by molar-refractivity contribution is 9.10. The van der Waals surface area contributed by atoms with Gasteiger partial charge in [0.25, 0.3) is 5.91 Å². The first-order valence-electron chi connectivity index (χ1n) is 9.63. The molecule has 2 amide bonds. The Hall–Kier alpha value is -1.76. The number of nitrogens with one attached hydrogen (secondary N) is 1. The average molecular weight is 516 g/mol. The number of carbonyl (C=O) groups is 2. The van der Waals surface area contributed by atoms with Crippen molar-refractivity contribution in [2.45, 2.75) is 45.8 Å². The zero-order valence-electron chi connectivity index (χ0n) is 17.1. The van der Waals surface area contributed by atoms with E-state index in [1.165, 1.54) is 4.90 Å². The molecule has 0 fully saturated rings. The lowest BCUT2D eigenvalue weighted by atomic mass is 10.1. The molecule has 0 heterocycles. The molecular weight excluding hydrogens is 491 g/mol. The number of halogens is 3. The van der Waals surface area contributed by atoms with Crippen molar-refractivity contribution >= 4 is 50.9 Å². The first kappa shape index (κ1) is 24.5. The van der Waals surface area contributed by atoms with Crippen molar-refractivity contribution in [3.63, 3.8) is 0 Å². The summed E-state index contributed by atoms with van der Waals surface area (Å²) in [4.78, 5) is 27.2. The van der Waals surface area contributed by atoms with Crippen LogP contribution in [0.25, 0.3) is 0 Å². The first-order valence-corrected chi connectivity index (χ1v) is 11.2. The zero-order chi connectivity index (χ0) is 22.3. The lowest BCUT2D eigenvalue weighted by Crippen LogP contribution is -2.50. The number of amides is 2. The van der Waals surface area contributed by atoms with Gasteiger partial charge in [-0.05, 0) is 56.2 Å². The molecule has 8 heteroatoms. The molecule has 0 radical (unpaired) electrons. The van der Waals surface area contributed by atoms with Crippen LogP contribution in [0.5, 0.6) is 5.75 Å². The maximum atomic E-state index is 13.0. The van der Waals surface area contributed by atoms with Gasteiger partial charge in [0.1, 0.15) is 11.8 Å². The number of benzene rings is 2. The fourth-order valence-corrected chi connectivity index (χ4v) is 3.64. The third kappa shape index (κ3) is 7.18. The van der Waals surface area contributed by atoms with E-state index in [4.69, 9.17) is 27.9 Å². The molecule has 0 saturated heterocycles. The zero-order valence-corrected chi connectivity index (χ0v) is 20.2. The van der Waals surface area contributed by atoms with Crippen LogP contribution in [0.4, 0.5) is 0 Å². The van der Waals surface area contributed by atoms with E-state index in [0.29, 0.717) is 15.8 Å². The second-order valence-corrected chi connectivity index (χ2v) is 8.77. The summed E-state index contributed by atoms with van der Waals surface area (Å²) in [5.74, 6) is -0.158. The van der Waals surface area contributed by atoms with Crippen molar-refractivity contribution in [2.75, 3.05) is 6.61 Å². The van der Waals surface area contributed by atoms with Gasteiger partial charge in [-0.2, -0.15) is 0 Å². The standard InChI is InChI=1S/C22H25BrCl2N2O3/c1-4-14(2)26-22(29)15(3)27(12-16-6-5-7-18(24)10-16)21(28)13-30-20-9-8-17(23)11-19(20)25/h5-11,14-15H,4,12-13H2,1-3H3,(H,26,29)/t14-,15+/m0/s1. The SMILES string of the molecule is CC[C@H](C)NC(=O)[C@@H](C)N(Cc1cccc(Cl)c1)C(=O)COc1ccc(Br)cc1Cl. The number of nitrogens with zero attached hydrogens (tertiary/aromatic N) is 1. The van der Waals surface area contributed by atoms with Gasteiger partial charge < -0.3 is 15.0 Å². The van der Waals surface area contributed by atoms with Crippen LogP contribution >= 0.6 is 39.1 Å². The lowest BCUT2D eigenvalue weighted by Gasteiger charge is -2.29. The predicted octanol–water partition coefficient (Wildman–Crippen LogP) is 5.47. The number of hydrogen-bond donors (Lipinski definition) is 1. The van der Waals surface area contributed by atoms with Crippen molar-refractivity contribution in [1.82, 2.24) is 10.2 Å². The van der Waals surface area contributed by atoms with Crippen molar-refractivity contribution in [3.8, 4) is 5.75 Å². The molecule has 0 aliphatic rings. The van der Waals surface area contributed by atoms with Crippen LogP contribution < -0.4 is 10.1 Å². The smallest absolute Gasteiger partial charge is 0.261 e.